The Kier molecular flexibility index (Phi) is 3.10. The third-order valence-corrected chi connectivity index (χ3v) is 3.04. The molecule has 4 heteroatoms. The lowest BCUT2D eigenvalue weighted by molar-refractivity contribution is 0.111. The van der Waals surface area contributed by atoms with Gasteiger partial charge in [0.25, 0.3) is 0 Å². The van der Waals surface area contributed by atoms with Gasteiger partial charge in [-0.1, -0.05) is 0 Å². The predicted molar refractivity (Wildman–Crippen MR) is 59.2 cm³/mol. The number of hydrogen-bond acceptors (Lipinski definition) is 3. The Bertz CT molecular complexity index is 475. The second kappa shape index (κ2) is 4.54. The van der Waals surface area contributed by atoms with Crippen LogP contribution in [0, 0.1) is 22.6 Å². The van der Waals surface area contributed by atoms with Crippen molar-refractivity contribution in [3.63, 3.8) is 0 Å². The van der Waals surface area contributed by atoms with Gasteiger partial charge in [-0.3, -0.25) is 4.79 Å². The monoisotopic (exact) mass is 233 g/mol. The molecule has 1 aromatic carbocycles. The lowest BCUT2D eigenvalue weighted by Crippen LogP contribution is -2.13. The summed E-state index contributed by atoms with van der Waals surface area (Å²) >= 11 is 0. The van der Waals surface area contributed by atoms with Crippen molar-refractivity contribution in [3.8, 4) is 11.8 Å². The first-order valence-corrected chi connectivity index (χ1v) is 5.44. The van der Waals surface area contributed by atoms with Crippen LogP contribution in [-0.2, 0) is 0 Å². The fourth-order valence-electron chi connectivity index (χ4n) is 1.69. The molecule has 3 nitrogen and oxygen atoms in total. The van der Waals surface area contributed by atoms with E-state index in [1.807, 2.05) is 0 Å². The van der Waals surface area contributed by atoms with E-state index in [9.17, 15) is 9.18 Å². The fraction of sp³-hybridized carbons (Fsp3) is 0.385. The highest BCUT2D eigenvalue weighted by Gasteiger charge is 2.43. The maximum atomic E-state index is 12.9. The minimum absolute atomic E-state index is 0.0523. The van der Waals surface area contributed by atoms with Crippen LogP contribution in [-0.4, -0.2) is 12.9 Å². The molecule has 0 heterocycles. The molecule has 2 rings (SSSR count). The number of hydrogen-bond donors (Lipinski definition) is 0. The van der Waals surface area contributed by atoms with Gasteiger partial charge >= 0.3 is 0 Å². The molecular formula is C13H12FNO2. The number of rotatable bonds is 5. The van der Waals surface area contributed by atoms with Crippen LogP contribution < -0.4 is 4.74 Å². The highest BCUT2D eigenvalue weighted by Crippen LogP contribution is 2.48. The van der Waals surface area contributed by atoms with E-state index in [-0.39, 0.29) is 11.0 Å². The number of nitrogens with zero attached hydrogens (tertiary/aromatic N) is 1. The van der Waals surface area contributed by atoms with Crippen molar-refractivity contribution in [1.29, 1.82) is 5.26 Å². The van der Waals surface area contributed by atoms with Crippen LogP contribution >= 0.6 is 0 Å². The summed E-state index contributed by atoms with van der Waals surface area (Å²) in [7, 11) is 0. The number of nitriles is 1. The normalized spacial score (nSPS) is 16.0. The second-order valence-electron chi connectivity index (χ2n) is 4.42. The molecule has 0 unspecified atom stereocenters. The molecule has 1 aliphatic carbocycles. The van der Waals surface area contributed by atoms with Gasteiger partial charge in [-0.2, -0.15) is 5.26 Å². The van der Waals surface area contributed by atoms with E-state index in [0.717, 1.165) is 18.9 Å². The third-order valence-electron chi connectivity index (χ3n) is 3.04. The number of ether oxygens (including phenoxy) is 1. The quantitative estimate of drug-likeness (QED) is 0.735. The Morgan fingerprint density at radius 2 is 2.29 bits per heavy atom. The molecule has 1 saturated carbocycles. The summed E-state index contributed by atoms with van der Waals surface area (Å²) in [6, 6.07) is 5.98. The summed E-state index contributed by atoms with van der Waals surface area (Å²) in [5, 5.41) is 8.66. The topological polar surface area (TPSA) is 50.1 Å². The Hall–Kier alpha value is -1.89. The zero-order valence-electron chi connectivity index (χ0n) is 9.28. The number of carbonyl (C=O) groups excluding carboxylic acids is 1. The molecule has 0 atom stereocenters. The Morgan fingerprint density at radius 1 is 1.53 bits per heavy atom. The van der Waals surface area contributed by atoms with Crippen molar-refractivity contribution >= 4 is 6.29 Å². The number of aldehydes is 1. The third kappa shape index (κ3) is 2.62. The van der Waals surface area contributed by atoms with Gasteiger partial charge < -0.3 is 4.74 Å². The summed E-state index contributed by atoms with van der Waals surface area (Å²) in [4.78, 5) is 10.7. The molecule has 0 aromatic heterocycles. The molecule has 0 amide bonds. The van der Waals surface area contributed by atoms with E-state index in [1.54, 1.807) is 0 Å². The van der Waals surface area contributed by atoms with Gasteiger partial charge in [-0.05, 0) is 31.0 Å². The van der Waals surface area contributed by atoms with E-state index in [0.29, 0.717) is 25.1 Å². The SMILES string of the molecule is N#CCC1(COc2ccc(F)cc2C=O)CC1. The van der Waals surface area contributed by atoms with Crippen LogP contribution in [0.2, 0.25) is 0 Å². The van der Waals surface area contributed by atoms with Crippen LogP contribution in [0.5, 0.6) is 5.75 Å². The first kappa shape index (κ1) is 11.6. The van der Waals surface area contributed by atoms with Gasteiger partial charge in [0.2, 0.25) is 0 Å². The van der Waals surface area contributed by atoms with Gasteiger partial charge in [0.05, 0.1) is 18.2 Å². The Labute approximate surface area is 98.8 Å². The average Bonchev–Trinajstić information content (AvgIpc) is 3.08. The maximum absolute atomic E-state index is 12.9. The summed E-state index contributed by atoms with van der Waals surface area (Å²) in [6.45, 7) is 0.410. The van der Waals surface area contributed by atoms with Crippen molar-refractivity contribution in [2.24, 2.45) is 5.41 Å². The van der Waals surface area contributed by atoms with E-state index in [1.165, 1.54) is 12.1 Å². The zero-order valence-corrected chi connectivity index (χ0v) is 9.28. The van der Waals surface area contributed by atoms with Gasteiger partial charge in [0.1, 0.15) is 11.6 Å². The summed E-state index contributed by atoms with van der Waals surface area (Å²) in [5.74, 6) is -0.0803. The van der Waals surface area contributed by atoms with Crippen molar-refractivity contribution in [3.05, 3.63) is 29.6 Å². The minimum Gasteiger partial charge on any atom is -0.492 e. The molecule has 1 aliphatic rings. The molecule has 1 fully saturated rings. The molecule has 0 aliphatic heterocycles. The molecule has 0 bridgehead atoms. The number of halogens is 1. The van der Waals surface area contributed by atoms with Crippen LogP contribution in [0.4, 0.5) is 4.39 Å². The van der Waals surface area contributed by atoms with Crippen LogP contribution in [0.15, 0.2) is 18.2 Å². The summed E-state index contributed by atoms with van der Waals surface area (Å²) in [5.41, 5.74) is 0.154. The Balaban J connectivity index is 2.04. The molecule has 1 aromatic rings. The standard InChI is InChI=1S/C13H12FNO2/c14-11-1-2-12(10(7-11)8-16)17-9-13(3-4-13)5-6-15/h1-2,7-8H,3-5,9H2. The lowest BCUT2D eigenvalue weighted by Gasteiger charge is -2.14. The van der Waals surface area contributed by atoms with E-state index in [4.69, 9.17) is 10.00 Å². The van der Waals surface area contributed by atoms with Gasteiger partial charge in [-0.15, -0.1) is 0 Å². The number of carbonyl (C=O) groups is 1. The van der Waals surface area contributed by atoms with Gasteiger partial charge in [0.15, 0.2) is 6.29 Å². The van der Waals surface area contributed by atoms with Crippen molar-refractivity contribution in [2.75, 3.05) is 6.61 Å². The highest BCUT2D eigenvalue weighted by atomic mass is 19.1. The zero-order chi connectivity index (χ0) is 12.3. The molecule has 0 saturated heterocycles. The smallest absolute Gasteiger partial charge is 0.153 e. The van der Waals surface area contributed by atoms with Crippen LogP contribution in [0.25, 0.3) is 0 Å². The lowest BCUT2D eigenvalue weighted by atomic mass is 10.1. The molecule has 0 N–H and O–H groups in total. The number of benzene rings is 1. The van der Waals surface area contributed by atoms with Gasteiger partial charge in [0, 0.05) is 11.8 Å². The largest absolute Gasteiger partial charge is 0.492 e. The van der Waals surface area contributed by atoms with E-state index in [2.05, 4.69) is 6.07 Å². The van der Waals surface area contributed by atoms with Crippen molar-refractivity contribution in [1.82, 2.24) is 0 Å². The van der Waals surface area contributed by atoms with Crippen LogP contribution in [0.1, 0.15) is 29.6 Å². The first-order chi connectivity index (χ1) is 8.19. The van der Waals surface area contributed by atoms with Crippen molar-refractivity contribution < 1.29 is 13.9 Å². The van der Waals surface area contributed by atoms with E-state index < -0.39 is 5.82 Å². The molecular weight excluding hydrogens is 221 g/mol. The first-order valence-electron chi connectivity index (χ1n) is 5.44. The predicted octanol–water partition coefficient (Wildman–Crippen LogP) is 2.71. The fourth-order valence-corrected chi connectivity index (χ4v) is 1.69. The Morgan fingerprint density at radius 3 is 2.88 bits per heavy atom. The highest BCUT2D eigenvalue weighted by molar-refractivity contribution is 5.79. The van der Waals surface area contributed by atoms with Crippen molar-refractivity contribution in [2.45, 2.75) is 19.3 Å². The minimum atomic E-state index is -0.461. The van der Waals surface area contributed by atoms with Crippen LogP contribution in [0.3, 0.4) is 0 Å². The maximum Gasteiger partial charge on any atom is 0.153 e. The second-order valence-corrected chi connectivity index (χ2v) is 4.42. The average molecular weight is 233 g/mol. The summed E-state index contributed by atoms with van der Waals surface area (Å²) < 4.78 is 18.4. The van der Waals surface area contributed by atoms with E-state index >= 15 is 0 Å². The molecule has 17 heavy (non-hydrogen) atoms. The molecule has 88 valence electrons. The molecule has 0 radical (unpaired) electrons. The van der Waals surface area contributed by atoms with Gasteiger partial charge in [-0.25, -0.2) is 4.39 Å². The summed E-state index contributed by atoms with van der Waals surface area (Å²) in [6.07, 6.45) is 2.98. The molecule has 0 spiro atoms.